The van der Waals surface area contributed by atoms with Crippen molar-refractivity contribution in [2.75, 3.05) is 25.6 Å². The van der Waals surface area contributed by atoms with Gasteiger partial charge in [0.25, 0.3) is 11.8 Å². The number of hydrogen-bond donors (Lipinski definition) is 3. The summed E-state index contributed by atoms with van der Waals surface area (Å²) in [6, 6.07) is 14.2. The quantitative estimate of drug-likeness (QED) is 0.537. The lowest BCUT2D eigenvalue weighted by Gasteiger charge is -2.14. The van der Waals surface area contributed by atoms with E-state index in [1.54, 1.807) is 43.5 Å². The van der Waals surface area contributed by atoms with Gasteiger partial charge in [-0.15, -0.1) is 0 Å². The van der Waals surface area contributed by atoms with Crippen molar-refractivity contribution < 1.29 is 14.3 Å². The van der Waals surface area contributed by atoms with Crippen LogP contribution in [0.15, 0.2) is 48.5 Å². The van der Waals surface area contributed by atoms with Crippen LogP contribution in [0.3, 0.4) is 0 Å². The van der Waals surface area contributed by atoms with E-state index < -0.39 is 0 Å². The molecule has 0 spiro atoms. The molecule has 7 heteroatoms. The molecule has 3 N–H and O–H groups in total. The standard InChI is InChI=1S/C19H21N3O3S/c1-13-7-3-4-8-14(13)18(24)22-19(26)21-16-10-6-5-9-15(16)17(23)20-11-12-25-2/h3-10H,11-12H2,1-2H3,(H,20,23)(H2,21,22,24,26). The van der Waals surface area contributed by atoms with Crippen LogP contribution in [0, 0.1) is 6.92 Å². The number of ether oxygens (including phenoxy) is 1. The fourth-order valence-electron chi connectivity index (χ4n) is 2.30. The van der Waals surface area contributed by atoms with Gasteiger partial charge >= 0.3 is 0 Å². The number of thiocarbonyl (C=S) groups is 1. The van der Waals surface area contributed by atoms with E-state index in [-0.39, 0.29) is 16.9 Å². The van der Waals surface area contributed by atoms with Gasteiger partial charge < -0.3 is 15.4 Å². The molecular weight excluding hydrogens is 350 g/mol. The summed E-state index contributed by atoms with van der Waals surface area (Å²) in [7, 11) is 1.57. The average molecular weight is 371 g/mol. The van der Waals surface area contributed by atoms with Crippen LogP contribution in [0.5, 0.6) is 0 Å². The Morgan fingerprint density at radius 3 is 2.35 bits per heavy atom. The lowest BCUT2D eigenvalue weighted by atomic mass is 10.1. The van der Waals surface area contributed by atoms with E-state index in [4.69, 9.17) is 17.0 Å². The molecule has 6 nitrogen and oxygen atoms in total. The molecule has 2 aromatic carbocycles. The normalized spacial score (nSPS) is 10.1. The van der Waals surface area contributed by atoms with E-state index in [0.717, 1.165) is 5.56 Å². The van der Waals surface area contributed by atoms with Crippen LogP contribution in [0.1, 0.15) is 26.3 Å². The molecule has 0 aliphatic carbocycles. The number of amides is 2. The van der Waals surface area contributed by atoms with Gasteiger partial charge in [-0.2, -0.15) is 0 Å². The van der Waals surface area contributed by atoms with Crippen LogP contribution >= 0.6 is 12.2 Å². The number of hydrogen-bond acceptors (Lipinski definition) is 4. The highest BCUT2D eigenvalue weighted by Crippen LogP contribution is 2.15. The van der Waals surface area contributed by atoms with E-state index in [0.29, 0.717) is 30.0 Å². The van der Waals surface area contributed by atoms with E-state index in [9.17, 15) is 9.59 Å². The van der Waals surface area contributed by atoms with E-state index >= 15 is 0 Å². The molecule has 2 amide bonds. The maximum atomic E-state index is 12.3. The average Bonchev–Trinajstić information content (AvgIpc) is 2.62. The van der Waals surface area contributed by atoms with Crippen LogP contribution in [0.4, 0.5) is 5.69 Å². The fraction of sp³-hybridized carbons (Fsp3) is 0.211. The van der Waals surface area contributed by atoms with Crippen molar-refractivity contribution in [1.29, 1.82) is 0 Å². The molecule has 0 heterocycles. The van der Waals surface area contributed by atoms with Crippen molar-refractivity contribution in [1.82, 2.24) is 10.6 Å². The van der Waals surface area contributed by atoms with Gasteiger partial charge in [0.2, 0.25) is 0 Å². The van der Waals surface area contributed by atoms with E-state index in [1.807, 2.05) is 19.1 Å². The van der Waals surface area contributed by atoms with Gasteiger partial charge in [0, 0.05) is 19.2 Å². The van der Waals surface area contributed by atoms with Crippen molar-refractivity contribution in [3.05, 3.63) is 65.2 Å². The van der Waals surface area contributed by atoms with Gasteiger partial charge in [0.1, 0.15) is 0 Å². The third-order valence-electron chi connectivity index (χ3n) is 3.63. The van der Waals surface area contributed by atoms with Crippen LogP contribution in [0.2, 0.25) is 0 Å². The largest absolute Gasteiger partial charge is 0.383 e. The zero-order chi connectivity index (χ0) is 18.9. The highest BCUT2D eigenvalue weighted by molar-refractivity contribution is 7.80. The Balaban J connectivity index is 2.04. The van der Waals surface area contributed by atoms with Crippen LogP contribution in [0.25, 0.3) is 0 Å². The maximum absolute atomic E-state index is 12.3. The first-order valence-electron chi connectivity index (χ1n) is 8.07. The number of nitrogens with one attached hydrogen (secondary N) is 3. The van der Waals surface area contributed by atoms with E-state index in [2.05, 4.69) is 16.0 Å². The fourth-order valence-corrected chi connectivity index (χ4v) is 2.51. The number of rotatable bonds is 6. The number of para-hydroxylation sites is 1. The van der Waals surface area contributed by atoms with Crippen molar-refractivity contribution in [3.8, 4) is 0 Å². The predicted molar refractivity (Wildman–Crippen MR) is 106 cm³/mol. The number of carbonyl (C=O) groups is 2. The molecule has 0 aliphatic heterocycles. The zero-order valence-corrected chi connectivity index (χ0v) is 15.5. The highest BCUT2D eigenvalue weighted by Gasteiger charge is 2.14. The number of aryl methyl sites for hydroxylation is 1. The van der Waals surface area contributed by atoms with Gasteiger partial charge in [-0.1, -0.05) is 30.3 Å². The molecule has 136 valence electrons. The highest BCUT2D eigenvalue weighted by atomic mass is 32.1. The molecule has 0 aliphatic rings. The number of methoxy groups -OCH3 is 1. The maximum Gasteiger partial charge on any atom is 0.257 e. The lowest BCUT2D eigenvalue weighted by Crippen LogP contribution is -2.35. The van der Waals surface area contributed by atoms with Gasteiger partial charge in [0.15, 0.2) is 5.11 Å². The smallest absolute Gasteiger partial charge is 0.257 e. The molecule has 2 aromatic rings. The van der Waals surface area contributed by atoms with Crippen molar-refractivity contribution >= 4 is 34.8 Å². The number of carbonyl (C=O) groups excluding carboxylic acids is 2. The minimum absolute atomic E-state index is 0.121. The summed E-state index contributed by atoms with van der Waals surface area (Å²) in [5, 5.41) is 8.42. The van der Waals surface area contributed by atoms with Gasteiger partial charge in [-0.3, -0.25) is 14.9 Å². The molecule has 0 bridgehead atoms. The predicted octanol–water partition coefficient (Wildman–Crippen LogP) is 2.50. The van der Waals surface area contributed by atoms with Gasteiger partial charge in [-0.25, -0.2) is 0 Å². The minimum Gasteiger partial charge on any atom is -0.383 e. The Morgan fingerprint density at radius 2 is 1.65 bits per heavy atom. The Kier molecular flexibility index (Phi) is 7.25. The minimum atomic E-state index is -0.303. The van der Waals surface area contributed by atoms with Crippen molar-refractivity contribution in [2.24, 2.45) is 0 Å². The molecule has 0 unspecified atom stereocenters. The third kappa shape index (κ3) is 5.37. The molecular formula is C19H21N3O3S. The molecule has 2 rings (SSSR count). The Labute approximate surface area is 157 Å². The van der Waals surface area contributed by atoms with Gasteiger partial charge in [0.05, 0.1) is 17.9 Å². The second-order valence-corrected chi connectivity index (χ2v) is 5.93. The molecule has 0 saturated carbocycles. The summed E-state index contributed by atoms with van der Waals surface area (Å²) in [5.74, 6) is -0.555. The first kappa shape index (κ1) is 19.6. The Hall–Kier alpha value is -2.77. The first-order valence-corrected chi connectivity index (χ1v) is 8.48. The summed E-state index contributed by atoms with van der Waals surface area (Å²) in [5.41, 5.74) is 2.33. The second kappa shape index (κ2) is 9.65. The first-order chi connectivity index (χ1) is 12.5. The summed E-state index contributed by atoms with van der Waals surface area (Å²) in [4.78, 5) is 24.6. The lowest BCUT2D eigenvalue weighted by molar-refractivity contribution is 0.0936. The Bertz CT molecular complexity index is 808. The van der Waals surface area contributed by atoms with Crippen LogP contribution in [-0.2, 0) is 4.74 Å². The molecule has 26 heavy (non-hydrogen) atoms. The number of anilines is 1. The molecule has 0 atom stereocenters. The molecule has 0 saturated heterocycles. The van der Waals surface area contributed by atoms with Crippen molar-refractivity contribution in [2.45, 2.75) is 6.92 Å². The summed E-state index contributed by atoms with van der Waals surface area (Å²) in [6.07, 6.45) is 0. The molecule has 0 fully saturated rings. The van der Waals surface area contributed by atoms with Gasteiger partial charge in [-0.05, 0) is 42.9 Å². The summed E-state index contributed by atoms with van der Waals surface area (Å²) in [6.45, 7) is 2.68. The Morgan fingerprint density at radius 1 is 1.00 bits per heavy atom. The second-order valence-electron chi connectivity index (χ2n) is 5.52. The zero-order valence-electron chi connectivity index (χ0n) is 14.7. The van der Waals surface area contributed by atoms with Crippen LogP contribution < -0.4 is 16.0 Å². The molecule has 0 radical (unpaired) electrons. The number of benzene rings is 2. The van der Waals surface area contributed by atoms with Crippen LogP contribution in [-0.4, -0.2) is 37.2 Å². The topological polar surface area (TPSA) is 79.5 Å². The summed E-state index contributed by atoms with van der Waals surface area (Å²) >= 11 is 5.21. The monoisotopic (exact) mass is 371 g/mol. The SMILES string of the molecule is COCCNC(=O)c1ccccc1NC(=S)NC(=O)c1ccccc1C. The third-order valence-corrected chi connectivity index (χ3v) is 3.83. The summed E-state index contributed by atoms with van der Waals surface area (Å²) < 4.78 is 4.92. The van der Waals surface area contributed by atoms with E-state index in [1.165, 1.54) is 0 Å². The van der Waals surface area contributed by atoms with Crippen molar-refractivity contribution in [3.63, 3.8) is 0 Å². The molecule has 0 aromatic heterocycles.